The summed E-state index contributed by atoms with van der Waals surface area (Å²) in [6.07, 6.45) is 47.6. The fourth-order valence-corrected chi connectivity index (χ4v) is 5.80. The summed E-state index contributed by atoms with van der Waals surface area (Å²) >= 11 is 0. The van der Waals surface area contributed by atoms with Crippen molar-refractivity contribution in [2.45, 2.75) is 148 Å². The summed E-state index contributed by atoms with van der Waals surface area (Å²) in [4.78, 5) is 37.5. The molecule has 0 saturated carbocycles. The van der Waals surface area contributed by atoms with E-state index in [0.29, 0.717) is 30.3 Å². The maximum absolute atomic E-state index is 12.6. The van der Waals surface area contributed by atoms with E-state index >= 15 is 0 Å². The molecule has 320 valence electrons. The van der Waals surface area contributed by atoms with Gasteiger partial charge in [-0.25, -0.2) is 0 Å². The Morgan fingerprint density at radius 2 is 1.04 bits per heavy atom. The van der Waals surface area contributed by atoms with E-state index in [4.69, 9.17) is 18.5 Å². The van der Waals surface area contributed by atoms with Crippen LogP contribution in [0.5, 0.6) is 0 Å². The van der Waals surface area contributed by atoms with Gasteiger partial charge < -0.3 is 27.9 Å². The third-order valence-corrected chi connectivity index (χ3v) is 9.36. The van der Waals surface area contributed by atoms with Gasteiger partial charge in [0.25, 0.3) is 7.82 Å². The molecule has 0 aliphatic rings. The van der Waals surface area contributed by atoms with E-state index in [-0.39, 0.29) is 26.1 Å². The Kier molecular flexibility index (Phi) is 35.9. The highest BCUT2D eigenvalue weighted by Gasteiger charge is 2.21. The van der Waals surface area contributed by atoms with E-state index in [0.717, 1.165) is 70.6 Å². The molecule has 0 aromatic carbocycles. The predicted molar refractivity (Wildman–Crippen MR) is 231 cm³/mol. The van der Waals surface area contributed by atoms with Gasteiger partial charge in [0.05, 0.1) is 27.7 Å². The molecule has 0 spiro atoms. The van der Waals surface area contributed by atoms with Gasteiger partial charge in [-0.05, 0) is 83.5 Å². The van der Waals surface area contributed by atoms with Gasteiger partial charge in [0.1, 0.15) is 19.8 Å². The maximum Gasteiger partial charge on any atom is 0.306 e. The van der Waals surface area contributed by atoms with Crippen LogP contribution in [-0.4, -0.2) is 70.0 Å². The van der Waals surface area contributed by atoms with Crippen molar-refractivity contribution >= 4 is 19.8 Å². The minimum atomic E-state index is -4.65. The lowest BCUT2D eigenvalue weighted by Crippen LogP contribution is -2.37. The Balaban J connectivity index is 4.53. The first-order chi connectivity index (χ1) is 27.0. The molecule has 56 heavy (non-hydrogen) atoms. The highest BCUT2D eigenvalue weighted by Crippen LogP contribution is 2.38. The molecule has 0 aliphatic carbocycles. The lowest BCUT2D eigenvalue weighted by Gasteiger charge is -2.28. The number of carbonyl (C=O) groups is 2. The number of ether oxygens (including phenoxy) is 2. The molecule has 0 amide bonds. The third-order valence-electron chi connectivity index (χ3n) is 8.40. The number of likely N-dealkylation sites (N-methyl/N-ethyl adjacent to an activating group) is 1. The summed E-state index contributed by atoms with van der Waals surface area (Å²) in [5, 5.41) is 0. The van der Waals surface area contributed by atoms with Gasteiger partial charge >= 0.3 is 11.9 Å². The van der Waals surface area contributed by atoms with E-state index in [1.165, 1.54) is 25.7 Å². The summed E-state index contributed by atoms with van der Waals surface area (Å²) in [5.74, 6) is -0.930. The van der Waals surface area contributed by atoms with E-state index in [1.807, 2.05) is 27.2 Å². The largest absolute Gasteiger partial charge is 0.756 e. The molecule has 1 unspecified atom stereocenters. The van der Waals surface area contributed by atoms with Crippen LogP contribution in [0.2, 0.25) is 0 Å². The van der Waals surface area contributed by atoms with Gasteiger partial charge in [-0.15, -0.1) is 0 Å². The van der Waals surface area contributed by atoms with Crippen molar-refractivity contribution in [2.24, 2.45) is 0 Å². The van der Waals surface area contributed by atoms with Crippen LogP contribution in [0, 0.1) is 0 Å². The summed E-state index contributed by atoms with van der Waals surface area (Å²) in [6, 6.07) is 0. The molecule has 0 aliphatic heterocycles. The van der Waals surface area contributed by atoms with Crippen molar-refractivity contribution in [2.75, 3.05) is 47.5 Å². The van der Waals surface area contributed by atoms with Gasteiger partial charge in [0, 0.05) is 12.8 Å². The zero-order valence-corrected chi connectivity index (χ0v) is 36.7. The highest BCUT2D eigenvalue weighted by atomic mass is 31.2. The first-order valence-corrected chi connectivity index (χ1v) is 22.8. The Morgan fingerprint density at radius 1 is 0.571 bits per heavy atom. The topological polar surface area (TPSA) is 111 Å². The summed E-state index contributed by atoms with van der Waals surface area (Å²) in [5.41, 5.74) is 0. The smallest absolute Gasteiger partial charge is 0.306 e. The first-order valence-electron chi connectivity index (χ1n) is 21.3. The number of phosphoric acid groups is 1. The molecular weight excluding hydrogens is 725 g/mol. The standard InChI is InChI=1S/C46H78NO8P/c1-6-8-10-12-14-16-18-20-22-23-25-27-29-31-33-35-37-39-46(49)55-44(43-54-56(50,51)53-41-40-47(3,4)5)42-52-45(48)38-36-34-32-30-28-26-24-21-19-17-15-13-11-9-7-2/h9,11,14-17,20-22,24-25,27,31,33,44H,6-8,10,12-13,18-19,23,26,28-30,32,34-43H2,1-5H3/b11-9+,16-14+,17-15+,22-20+,24-21+,27-25+,33-31+/t44-/m1/s1. The van der Waals surface area contributed by atoms with Crippen molar-refractivity contribution in [3.63, 3.8) is 0 Å². The first kappa shape index (κ1) is 53.2. The number of quaternary nitrogens is 1. The van der Waals surface area contributed by atoms with Crippen LogP contribution in [0.25, 0.3) is 0 Å². The molecule has 0 rings (SSSR count). The van der Waals surface area contributed by atoms with Crippen LogP contribution in [0.3, 0.4) is 0 Å². The quantitative estimate of drug-likeness (QED) is 0.0201. The van der Waals surface area contributed by atoms with Crippen molar-refractivity contribution in [3.05, 3.63) is 85.1 Å². The molecule has 0 N–H and O–H groups in total. The Bertz CT molecular complexity index is 1230. The zero-order chi connectivity index (χ0) is 41.4. The maximum atomic E-state index is 12.6. The minimum absolute atomic E-state index is 0.0487. The number of allylic oxidation sites excluding steroid dienone is 14. The Morgan fingerprint density at radius 3 is 1.57 bits per heavy atom. The van der Waals surface area contributed by atoms with Gasteiger partial charge in [-0.1, -0.05) is 131 Å². The Hall–Kier alpha value is -2.81. The van der Waals surface area contributed by atoms with Crippen LogP contribution < -0.4 is 4.89 Å². The van der Waals surface area contributed by atoms with Crippen molar-refractivity contribution in [1.82, 2.24) is 0 Å². The van der Waals surface area contributed by atoms with Crippen LogP contribution in [0.1, 0.15) is 142 Å². The molecule has 0 bridgehead atoms. The molecule has 10 heteroatoms. The van der Waals surface area contributed by atoms with Gasteiger partial charge in [0.2, 0.25) is 0 Å². The monoisotopic (exact) mass is 804 g/mol. The number of hydrogen-bond acceptors (Lipinski definition) is 8. The molecule has 0 aromatic rings. The molecule has 2 atom stereocenters. The molecule has 0 heterocycles. The predicted octanol–water partition coefficient (Wildman–Crippen LogP) is 11.4. The molecular formula is C46H78NO8P. The average molecular weight is 804 g/mol. The summed E-state index contributed by atoms with van der Waals surface area (Å²) in [6.45, 7) is 3.97. The minimum Gasteiger partial charge on any atom is -0.756 e. The summed E-state index contributed by atoms with van der Waals surface area (Å²) < 4.78 is 33.8. The summed E-state index contributed by atoms with van der Waals surface area (Å²) in [7, 11) is 1.10. The van der Waals surface area contributed by atoms with Crippen LogP contribution in [-0.2, 0) is 32.7 Å². The number of unbranched alkanes of at least 4 members (excludes halogenated alkanes) is 9. The molecule has 0 saturated heterocycles. The fraction of sp³-hybridized carbons (Fsp3) is 0.652. The lowest BCUT2D eigenvalue weighted by molar-refractivity contribution is -0.870. The van der Waals surface area contributed by atoms with Gasteiger partial charge in [-0.3, -0.25) is 14.2 Å². The number of hydrogen-bond donors (Lipinski definition) is 0. The zero-order valence-electron chi connectivity index (χ0n) is 35.8. The van der Waals surface area contributed by atoms with E-state index in [2.05, 4.69) is 92.8 Å². The van der Waals surface area contributed by atoms with Crippen LogP contribution >= 0.6 is 7.82 Å². The Labute approximate surface area is 341 Å². The number of esters is 2. The van der Waals surface area contributed by atoms with E-state index < -0.39 is 32.5 Å². The second kappa shape index (κ2) is 37.7. The van der Waals surface area contributed by atoms with Crippen LogP contribution in [0.15, 0.2) is 85.1 Å². The van der Waals surface area contributed by atoms with E-state index in [9.17, 15) is 19.0 Å². The van der Waals surface area contributed by atoms with E-state index in [1.54, 1.807) is 0 Å². The van der Waals surface area contributed by atoms with Crippen molar-refractivity contribution in [1.29, 1.82) is 0 Å². The third kappa shape index (κ3) is 40.8. The SMILES string of the molecule is CC/C=C/C/C=C/C/C=C/CCCCCCCC(=O)OC[C@H](COP(=O)([O-])OCC[N+](C)(C)C)OC(=O)CCC/C=C/C/C=C/C/C=C/C/C=C/CCCCC. The number of nitrogens with zero attached hydrogens (tertiary/aromatic N) is 1. The number of rotatable bonds is 37. The highest BCUT2D eigenvalue weighted by molar-refractivity contribution is 7.45. The number of phosphoric ester groups is 1. The van der Waals surface area contributed by atoms with Crippen molar-refractivity contribution < 1.29 is 42.1 Å². The van der Waals surface area contributed by atoms with Crippen LogP contribution in [0.4, 0.5) is 0 Å². The molecule has 0 radical (unpaired) electrons. The average Bonchev–Trinajstić information content (AvgIpc) is 3.15. The fourth-order valence-electron chi connectivity index (χ4n) is 5.07. The molecule has 0 fully saturated rings. The number of carbonyl (C=O) groups excluding carboxylic acids is 2. The molecule has 9 nitrogen and oxygen atoms in total. The second-order valence-corrected chi connectivity index (χ2v) is 16.4. The molecule has 0 aromatic heterocycles. The van der Waals surface area contributed by atoms with Crippen molar-refractivity contribution in [3.8, 4) is 0 Å². The van der Waals surface area contributed by atoms with Gasteiger partial charge in [-0.2, -0.15) is 0 Å². The second-order valence-electron chi connectivity index (χ2n) is 15.0. The lowest BCUT2D eigenvalue weighted by atomic mass is 10.1. The van der Waals surface area contributed by atoms with Gasteiger partial charge in [0.15, 0.2) is 6.10 Å². The normalized spacial score (nSPS) is 14.5.